The molecule has 1 saturated carbocycles. The Bertz CT molecular complexity index is 256. The zero-order chi connectivity index (χ0) is 11.6. The monoisotopic (exact) mass is 226 g/mol. The minimum atomic E-state index is -0.0351. The third-order valence-electron chi connectivity index (χ3n) is 3.49. The third kappa shape index (κ3) is 3.19. The van der Waals surface area contributed by atoms with Crippen LogP contribution in [0.15, 0.2) is 0 Å². The fraction of sp³-hybridized carbons (Fsp3) is 0.917. The highest BCUT2D eigenvalue weighted by atomic mass is 16.5. The van der Waals surface area contributed by atoms with Crippen molar-refractivity contribution in [1.29, 1.82) is 0 Å². The van der Waals surface area contributed by atoms with Crippen LogP contribution < -0.4 is 10.6 Å². The molecule has 1 aliphatic heterocycles. The van der Waals surface area contributed by atoms with Crippen LogP contribution >= 0.6 is 0 Å². The molecule has 4 heteroatoms. The van der Waals surface area contributed by atoms with Gasteiger partial charge in [0.2, 0.25) is 5.91 Å². The van der Waals surface area contributed by atoms with Gasteiger partial charge in [-0.25, -0.2) is 0 Å². The lowest BCUT2D eigenvalue weighted by atomic mass is 9.98. The predicted octanol–water partition coefficient (Wildman–Crippen LogP) is 0.670. The molecule has 1 saturated heterocycles. The van der Waals surface area contributed by atoms with Gasteiger partial charge in [0.15, 0.2) is 0 Å². The van der Waals surface area contributed by atoms with Crippen molar-refractivity contribution in [3.8, 4) is 0 Å². The summed E-state index contributed by atoms with van der Waals surface area (Å²) in [5, 5.41) is 6.43. The van der Waals surface area contributed by atoms with E-state index in [9.17, 15) is 4.79 Å². The number of carbonyl (C=O) groups is 1. The van der Waals surface area contributed by atoms with Crippen LogP contribution in [0.2, 0.25) is 0 Å². The zero-order valence-electron chi connectivity index (χ0n) is 10.2. The maximum Gasteiger partial charge on any atom is 0.222 e. The Kier molecular flexibility index (Phi) is 3.50. The number of hydrogen-bond donors (Lipinski definition) is 2. The molecule has 0 aromatic carbocycles. The lowest BCUT2D eigenvalue weighted by molar-refractivity contribution is -0.124. The fourth-order valence-corrected chi connectivity index (χ4v) is 2.29. The average molecular weight is 226 g/mol. The van der Waals surface area contributed by atoms with E-state index >= 15 is 0 Å². The third-order valence-corrected chi connectivity index (χ3v) is 3.49. The highest BCUT2D eigenvalue weighted by molar-refractivity contribution is 5.77. The van der Waals surface area contributed by atoms with Gasteiger partial charge < -0.3 is 15.4 Å². The topological polar surface area (TPSA) is 50.4 Å². The van der Waals surface area contributed by atoms with E-state index in [0.29, 0.717) is 18.9 Å². The molecule has 2 aliphatic rings. The Labute approximate surface area is 97.1 Å². The summed E-state index contributed by atoms with van der Waals surface area (Å²) in [5.41, 5.74) is -0.0351. The van der Waals surface area contributed by atoms with Crippen molar-refractivity contribution < 1.29 is 9.53 Å². The molecule has 0 spiro atoms. The second-order valence-electron chi connectivity index (χ2n) is 5.47. The Balaban J connectivity index is 1.74. The molecule has 0 radical (unpaired) electrons. The Hall–Kier alpha value is -0.610. The lowest BCUT2D eigenvalue weighted by Gasteiger charge is -2.28. The summed E-state index contributed by atoms with van der Waals surface area (Å²) in [7, 11) is 0. The van der Waals surface area contributed by atoms with Gasteiger partial charge in [-0.1, -0.05) is 0 Å². The second kappa shape index (κ2) is 4.72. The molecule has 92 valence electrons. The number of morpholine rings is 1. The van der Waals surface area contributed by atoms with Crippen molar-refractivity contribution in [2.75, 3.05) is 19.8 Å². The molecule has 1 aliphatic carbocycles. The van der Waals surface area contributed by atoms with E-state index in [4.69, 9.17) is 4.74 Å². The van der Waals surface area contributed by atoms with Gasteiger partial charge in [-0.3, -0.25) is 4.79 Å². The Morgan fingerprint density at radius 2 is 2.25 bits per heavy atom. The highest BCUT2D eigenvalue weighted by Gasteiger charge is 2.38. The van der Waals surface area contributed by atoms with E-state index in [2.05, 4.69) is 24.5 Å². The average Bonchev–Trinajstić information content (AvgIpc) is 3.01. The van der Waals surface area contributed by atoms with Crippen LogP contribution in [-0.4, -0.2) is 37.2 Å². The van der Waals surface area contributed by atoms with Gasteiger partial charge in [0, 0.05) is 24.5 Å². The number of ether oxygens (including phenoxy) is 1. The molecule has 1 amide bonds. The second-order valence-corrected chi connectivity index (χ2v) is 5.47. The number of nitrogens with one attached hydrogen (secondary N) is 2. The molecule has 4 nitrogen and oxygen atoms in total. The van der Waals surface area contributed by atoms with Crippen molar-refractivity contribution >= 4 is 5.91 Å². The van der Waals surface area contributed by atoms with Crippen molar-refractivity contribution in [3.63, 3.8) is 0 Å². The molecule has 1 unspecified atom stereocenters. The number of rotatable bonds is 4. The number of amides is 1. The summed E-state index contributed by atoms with van der Waals surface area (Å²) >= 11 is 0. The number of carbonyl (C=O) groups excluding carboxylic acids is 1. The first-order valence-electron chi connectivity index (χ1n) is 6.20. The van der Waals surface area contributed by atoms with Crippen LogP contribution in [0, 0.1) is 5.92 Å². The summed E-state index contributed by atoms with van der Waals surface area (Å²) < 4.78 is 5.33. The quantitative estimate of drug-likeness (QED) is 0.741. The van der Waals surface area contributed by atoms with Gasteiger partial charge in [-0.2, -0.15) is 0 Å². The lowest BCUT2D eigenvalue weighted by Crippen LogP contribution is -2.49. The van der Waals surface area contributed by atoms with Crippen molar-refractivity contribution in [1.82, 2.24) is 10.6 Å². The molecule has 1 heterocycles. The van der Waals surface area contributed by atoms with Gasteiger partial charge in [-0.05, 0) is 32.6 Å². The van der Waals surface area contributed by atoms with Crippen LogP contribution in [-0.2, 0) is 9.53 Å². The summed E-state index contributed by atoms with van der Waals surface area (Å²) in [6.07, 6.45) is 3.02. The first-order valence-corrected chi connectivity index (χ1v) is 6.20. The SMILES string of the molecule is CC(C)(NC(=O)CC1COCCN1)C1CC1. The van der Waals surface area contributed by atoms with Crippen molar-refractivity contribution in [2.45, 2.75) is 44.7 Å². The van der Waals surface area contributed by atoms with Gasteiger partial charge >= 0.3 is 0 Å². The molecule has 0 bridgehead atoms. The largest absolute Gasteiger partial charge is 0.378 e. The van der Waals surface area contributed by atoms with E-state index in [1.54, 1.807) is 0 Å². The summed E-state index contributed by atoms with van der Waals surface area (Å²) in [5.74, 6) is 0.812. The van der Waals surface area contributed by atoms with Gasteiger partial charge in [0.1, 0.15) is 0 Å². The standard InChI is InChI=1S/C12H22N2O2/c1-12(2,9-3-4-9)14-11(15)7-10-8-16-6-5-13-10/h9-10,13H,3-8H2,1-2H3,(H,14,15). The molecule has 0 aromatic heterocycles. The maximum atomic E-state index is 11.9. The molecule has 16 heavy (non-hydrogen) atoms. The first kappa shape index (κ1) is 11.9. The van der Waals surface area contributed by atoms with E-state index in [-0.39, 0.29) is 17.5 Å². The number of hydrogen-bond acceptors (Lipinski definition) is 3. The van der Waals surface area contributed by atoms with E-state index in [0.717, 1.165) is 13.2 Å². The fourth-order valence-electron chi connectivity index (χ4n) is 2.29. The van der Waals surface area contributed by atoms with Crippen molar-refractivity contribution in [2.24, 2.45) is 5.92 Å². The van der Waals surface area contributed by atoms with Crippen LogP contribution in [0.3, 0.4) is 0 Å². The maximum absolute atomic E-state index is 11.9. The van der Waals surface area contributed by atoms with Crippen molar-refractivity contribution in [3.05, 3.63) is 0 Å². The summed E-state index contributed by atoms with van der Waals surface area (Å²) in [6, 6.07) is 0.184. The zero-order valence-corrected chi connectivity index (χ0v) is 10.2. The van der Waals surface area contributed by atoms with Gasteiger partial charge in [-0.15, -0.1) is 0 Å². The molecule has 1 atom stereocenters. The molecule has 2 rings (SSSR count). The molecule has 2 N–H and O–H groups in total. The van der Waals surface area contributed by atoms with Crippen LogP contribution in [0.1, 0.15) is 33.1 Å². The minimum Gasteiger partial charge on any atom is -0.378 e. The molecule has 0 aromatic rings. The first-order chi connectivity index (χ1) is 7.58. The smallest absolute Gasteiger partial charge is 0.222 e. The van der Waals surface area contributed by atoms with Crippen LogP contribution in [0.5, 0.6) is 0 Å². The van der Waals surface area contributed by atoms with E-state index in [1.807, 2.05) is 0 Å². The Morgan fingerprint density at radius 1 is 1.50 bits per heavy atom. The predicted molar refractivity (Wildman–Crippen MR) is 62.2 cm³/mol. The normalized spacial score (nSPS) is 26.5. The van der Waals surface area contributed by atoms with Crippen LogP contribution in [0.4, 0.5) is 0 Å². The van der Waals surface area contributed by atoms with E-state index < -0.39 is 0 Å². The highest BCUT2D eigenvalue weighted by Crippen LogP contribution is 2.39. The minimum absolute atomic E-state index is 0.0351. The summed E-state index contributed by atoms with van der Waals surface area (Å²) in [6.45, 7) is 6.49. The summed E-state index contributed by atoms with van der Waals surface area (Å²) in [4.78, 5) is 11.9. The Morgan fingerprint density at radius 3 is 2.81 bits per heavy atom. The molecular formula is C12H22N2O2. The van der Waals surface area contributed by atoms with Crippen LogP contribution in [0.25, 0.3) is 0 Å². The molecular weight excluding hydrogens is 204 g/mol. The van der Waals surface area contributed by atoms with Gasteiger partial charge in [0.25, 0.3) is 0 Å². The molecule has 2 fully saturated rings. The van der Waals surface area contributed by atoms with E-state index in [1.165, 1.54) is 12.8 Å². The van der Waals surface area contributed by atoms with Gasteiger partial charge in [0.05, 0.1) is 13.2 Å².